The van der Waals surface area contributed by atoms with Gasteiger partial charge in [-0.1, -0.05) is 18.2 Å². The fraction of sp³-hybridized carbons (Fsp3) is 0.417. The summed E-state index contributed by atoms with van der Waals surface area (Å²) in [5.74, 6) is 0.829. The van der Waals surface area contributed by atoms with Gasteiger partial charge in [-0.05, 0) is 19.1 Å². The molecule has 4 heteroatoms. The maximum atomic E-state index is 11.3. The van der Waals surface area contributed by atoms with Crippen molar-refractivity contribution in [3.63, 3.8) is 0 Å². The van der Waals surface area contributed by atoms with Crippen molar-refractivity contribution in [3.8, 4) is 5.75 Å². The highest BCUT2D eigenvalue weighted by molar-refractivity contribution is 5.73. The zero-order valence-corrected chi connectivity index (χ0v) is 9.77. The molecule has 0 saturated heterocycles. The van der Waals surface area contributed by atoms with Crippen molar-refractivity contribution in [2.75, 3.05) is 26.7 Å². The van der Waals surface area contributed by atoms with Gasteiger partial charge in [0.2, 0.25) is 0 Å². The van der Waals surface area contributed by atoms with Crippen molar-refractivity contribution in [3.05, 3.63) is 30.3 Å². The highest BCUT2D eigenvalue weighted by atomic mass is 16.5. The number of hydrogen-bond donors (Lipinski definition) is 1. The summed E-state index contributed by atoms with van der Waals surface area (Å²) in [6.07, 6.45) is 0. The molecule has 16 heavy (non-hydrogen) atoms. The van der Waals surface area contributed by atoms with Gasteiger partial charge in [0.1, 0.15) is 12.4 Å². The topological polar surface area (TPSA) is 41.6 Å². The molecule has 0 fully saturated rings. The molecule has 0 bridgehead atoms. The third-order valence-electron chi connectivity index (χ3n) is 2.26. The summed E-state index contributed by atoms with van der Waals surface area (Å²) in [7, 11) is 1.63. The maximum Gasteiger partial charge on any atom is 0.317 e. The minimum Gasteiger partial charge on any atom is -0.492 e. The molecule has 0 spiro atoms. The van der Waals surface area contributed by atoms with E-state index in [1.54, 1.807) is 11.9 Å². The molecule has 2 amide bonds. The lowest BCUT2D eigenvalue weighted by Crippen LogP contribution is -2.40. The molecule has 0 radical (unpaired) electrons. The molecule has 0 aliphatic carbocycles. The molecule has 0 saturated carbocycles. The number of likely N-dealkylation sites (N-methyl/N-ethyl adjacent to an activating group) is 1. The lowest BCUT2D eigenvalue weighted by atomic mass is 10.3. The normalized spacial score (nSPS) is 9.62. The third kappa shape index (κ3) is 3.81. The van der Waals surface area contributed by atoms with Gasteiger partial charge in [0.05, 0.1) is 6.54 Å². The molecule has 1 rings (SSSR count). The van der Waals surface area contributed by atoms with E-state index in [1.165, 1.54) is 0 Å². The molecule has 0 heterocycles. The molecule has 0 aromatic heterocycles. The van der Waals surface area contributed by atoms with Crippen molar-refractivity contribution in [1.82, 2.24) is 10.2 Å². The van der Waals surface area contributed by atoms with Gasteiger partial charge in [0, 0.05) is 13.6 Å². The van der Waals surface area contributed by atoms with Gasteiger partial charge in [-0.2, -0.15) is 0 Å². The van der Waals surface area contributed by atoms with Crippen LogP contribution in [-0.2, 0) is 0 Å². The van der Waals surface area contributed by atoms with Crippen LogP contribution in [0.3, 0.4) is 0 Å². The number of nitrogens with zero attached hydrogens (tertiary/aromatic N) is 1. The second-order valence-corrected chi connectivity index (χ2v) is 3.30. The summed E-state index contributed by atoms with van der Waals surface area (Å²) in [5, 5.41) is 2.60. The number of rotatable bonds is 5. The summed E-state index contributed by atoms with van der Waals surface area (Å²) >= 11 is 0. The summed E-state index contributed by atoms with van der Waals surface area (Å²) in [4.78, 5) is 13.0. The van der Waals surface area contributed by atoms with Crippen LogP contribution in [0, 0.1) is 0 Å². The van der Waals surface area contributed by atoms with Gasteiger partial charge < -0.3 is 15.0 Å². The van der Waals surface area contributed by atoms with Gasteiger partial charge in [-0.25, -0.2) is 4.79 Å². The zero-order valence-electron chi connectivity index (χ0n) is 9.77. The van der Waals surface area contributed by atoms with Crippen molar-refractivity contribution in [1.29, 1.82) is 0 Å². The molecular weight excluding hydrogens is 204 g/mol. The standard InChI is InChI=1S/C12H18N2O2/c1-3-14(12(15)13-2)9-10-16-11-7-5-4-6-8-11/h4-8H,3,9-10H2,1-2H3,(H,13,15). The van der Waals surface area contributed by atoms with Crippen molar-refractivity contribution in [2.24, 2.45) is 0 Å². The number of amides is 2. The summed E-state index contributed by atoms with van der Waals surface area (Å²) in [5.41, 5.74) is 0. The first-order chi connectivity index (χ1) is 7.77. The van der Waals surface area contributed by atoms with Crippen LogP contribution in [0.2, 0.25) is 0 Å². The minimum absolute atomic E-state index is 0.0702. The van der Waals surface area contributed by atoms with E-state index in [4.69, 9.17) is 4.74 Å². The van der Waals surface area contributed by atoms with Gasteiger partial charge in [0.15, 0.2) is 0 Å². The van der Waals surface area contributed by atoms with Gasteiger partial charge in [-0.15, -0.1) is 0 Å². The largest absolute Gasteiger partial charge is 0.492 e. The Balaban J connectivity index is 2.31. The Bertz CT molecular complexity index is 314. The van der Waals surface area contributed by atoms with E-state index in [1.807, 2.05) is 37.3 Å². The minimum atomic E-state index is -0.0702. The quantitative estimate of drug-likeness (QED) is 0.824. The van der Waals surface area contributed by atoms with Crippen LogP contribution in [-0.4, -0.2) is 37.7 Å². The van der Waals surface area contributed by atoms with Crippen LogP contribution in [0.15, 0.2) is 30.3 Å². The Morgan fingerprint density at radius 2 is 2.06 bits per heavy atom. The van der Waals surface area contributed by atoms with Crippen LogP contribution in [0.25, 0.3) is 0 Å². The number of urea groups is 1. The first-order valence-electron chi connectivity index (χ1n) is 5.42. The highest BCUT2D eigenvalue weighted by Crippen LogP contribution is 2.07. The van der Waals surface area contributed by atoms with E-state index in [9.17, 15) is 4.79 Å². The third-order valence-corrected chi connectivity index (χ3v) is 2.26. The molecule has 4 nitrogen and oxygen atoms in total. The lowest BCUT2D eigenvalue weighted by molar-refractivity contribution is 0.187. The van der Waals surface area contributed by atoms with Crippen LogP contribution in [0.1, 0.15) is 6.92 Å². The zero-order chi connectivity index (χ0) is 11.8. The second-order valence-electron chi connectivity index (χ2n) is 3.30. The fourth-order valence-electron chi connectivity index (χ4n) is 1.35. The van der Waals surface area contributed by atoms with Gasteiger partial charge in [0.25, 0.3) is 0 Å². The van der Waals surface area contributed by atoms with Gasteiger partial charge >= 0.3 is 6.03 Å². The van der Waals surface area contributed by atoms with Crippen LogP contribution in [0.4, 0.5) is 4.79 Å². The average Bonchev–Trinajstić information content (AvgIpc) is 2.35. The number of hydrogen-bond acceptors (Lipinski definition) is 2. The molecule has 0 atom stereocenters. The highest BCUT2D eigenvalue weighted by Gasteiger charge is 2.08. The number of ether oxygens (including phenoxy) is 1. The number of benzene rings is 1. The number of nitrogens with one attached hydrogen (secondary N) is 1. The van der Waals surface area contributed by atoms with Crippen molar-refractivity contribution >= 4 is 6.03 Å². The molecule has 88 valence electrons. The average molecular weight is 222 g/mol. The molecule has 1 aromatic rings. The van der Waals surface area contributed by atoms with Crippen LogP contribution < -0.4 is 10.1 Å². The molecular formula is C12H18N2O2. The van der Waals surface area contributed by atoms with E-state index in [2.05, 4.69) is 5.32 Å². The summed E-state index contributed by atoms with van der Waals surface area (Å²) in [6, 6.07) is 9.51. The molecule has 0 aliphatic rings. The SMILES string of the molecule is CCN(CCOc1ccccc1)C(=O)NC. The Morgan fingerprint density at radius 3 is 2.62 bits per heavy atom. The Kier molecular flexibility index (Phi) is 5.19. The predicted molar refractivity (Wildman–Crippen MR) is 63.6 cm³/mol. The number of para-hydroxylation sites is 1. The van der Waals surface area contributed by atoms with E-state index in [-0.39, 0.29) is 6.03 Å². The van der Waals surface area contributed by atoms with E-state index in [0.29, 0.717) is 19.7 Å². The Hall–Kier alpha value is -1.71. The predicted octanol–water partition coefficient (Wildman–Crippen LogP) is 1.73. The van der Waals surface area contributed by atoms with Crippen LogP contribution >= 0.6 is 0 Å². The summed E-state index contributed by atoms with van der Waals surface area (Å²) in [6.45, 7) is 3.71. The second kappa shape index (κ2) is 6.71. The van der Waals surface area contributed by atoms with E-state index < -0.39 is 0 Å². The monoisotopic (exact) mass is 222 g/mol. The lowest BCUT2D eigenvalue weighted by Gasteiger charge is -2.20. The molecule has 0 aliphatic heterocycles. The maximum absolute atomic E-state index is 11.3. The Morgan fingerprint density at radius 1 is 1.38 bits per heavy atom. The van der Waals surface area contributed by atoms with Gasteiger partial charge in [-0.3, -0.25) is 0 Å². The Labute approximate surface area is 96.2 Å². The van der Waals surface area contributed by atoms with Crippen molar-refractivity contribution < 1.29 is 9.53 Å². The summed E-state index contributed by atoms with van der Waals surface area (Å²) < 4.78 is 5.51. The number of carbonyl (C=O) groups is 1. The molecule has 0 unspecified atom stereocenters. The number of carbonyl (C=O) groups excluding carboxylic acids is 1. The first kappa shape index (κ1) is 12.4. The smallest absolute Gasteiger partial charge is 0.317 e. The molecule has 1 aromatic carbocycles. The van der Waals surface area contributed by atoms with Crippen molar-refractivity contribution in [2.45, 2.75) is 6.92 Å². The molecule has 1 N–H and O–H groups in total. The first-order valence-corrected chi connectivity index (χ1v) is 5.42. The van der Waals surface area contributed by atoms with Crippen LogP contribution in [0.5, 0.6) is 5.75 Å². The van der Waals surface area contributed by atoms with E-state index >= 15 is 0 Å². The fourth-order valence-corrected chi connectivity index (χ4v) is 1.35. The van der Waals surface area contributed by atoms with E-state index in [0.717, 1.165) is 5.75 Å².